The predicted octanol–water partition coefficient (Wildman–Crippen LogP) is 1.51. The van der Waals surface area contributed by atoms with E-state index in [1.807, 2.05) is 6.92 Å². The van der Waals surface area contributed by atoms with Crippen molar-refractivity contribution in [1.29, 1.82) is 0 Å². The number of nitrogens with one attached hydrogen (secondary N) is 1. The highest BCUT2D eigenvalue weighted by molar-refractivity contribution is 8.14. The molecule has 1 rings (SSSR count). The molecule has 6 heteroatoms. The first-order valence-corrected chi connectivity index (χ1v) is 10.1. The Bertz CT molecular complexity index is 314. The minimum atomic E-state index is -1.23. The third-order valence-electron chi connectivity index (χ3n) is 2.51. The van der Waals surface area contributed by atoms with Crippen molar-refractivity contribution in [3.8, 4) is 0 Å². The molecule has 1 heterocycles. The van der Waals surface area contributed by atoms with Gasteiger partial charge in [-0.1, -0.05) is 25.7 Å². The first-order valence-electron chi connectivity index (χ1n) is 5.41. The number of nitrogens with zero attached hydrogens (tertiary/aromatic N) is 1. The average Bonchev–Trinajstić information content (AvgIpc) is 2.43. The number of amides is 1. The molecule has 92 valence electrons. The molecule has 0 aromatic heterocycles. The standard InChI is InChI=1S/C10H20N2O2SSi/c1-8-11-10(7-15-8,12-9(13)14)5-6-16(2,3)4/h12H,5-7H2,1-4H3,(H,13,14)/p-1. The molecule has 0 fully saturated rings. The third-order valence-corrected chi connectivity index (χ3v) is 5.40. The van der Waals surface area contributed by atoms with Gasteiger partial charge in [-0.05, 0) is 13.3 Å². The molecular formula is C10H19N2O2SSi-. The van der Waals surface area contributed by atoms with Crippen LogP contribution in [-0.4, -0.2) is 30.6 Å². The summed E-state index contributed by atoms with van der Waals surface area (Å²) in [5.41, 5.74) is -0.631. The Labute approximate surface area is 102 Å². The van der Waals surface area contributed by atoms with Crippen LogP contribution in [-0.2, 0) is 0 Å². The highest BCUT2D eigenvalue weighted by Crippen LogP contribution is 2.31. The number of carbonyl (C=O) groups is 1. The highest BCUT2D eigenvalue weighted by Gasteiger charge is 2.35. The van der Waals surface area contributed by atoms with Gasteiger partial charge in [0.25, 0.3) is 0 Å². The molecule has 0 aromatic carbocycles. The summed E-state index contributed by atoms with van der Waals surface area (Å²) >= 11 is 1.61. The van der Waals surface area contributed by atoms with E-state index in [0.717, 1.165) is 17.5 Å². The molecule has 0 saturated carbocycles. The average molecular weight is 259 g/mol. The maximum absolute atomic E-state index is 10.7. The molecule has 0 radical (unpaired) electrons. The maximum Gasteiger partial charge on any atom is 0.140 e. The topological polar surface area (TPSA) is 64.5 Å². The van der Waals surface area contributed by atoms with Gasteiger partial charge >= 0.3 is 0 Å². The van der Waals surface area contributed by atoms with Crippen molar-refractivity contribution in [2.75, 3.05) is 5.75 Å². The number of hydrogen-bond acceptors (Lipinski definition) is 4. The van der Waals surface area contributed by atoms with Gasteiger partial charge in [-0.2, -0.15) is 0 Å². The van der Waals surface area contributed by atoms with Gasteiger partial charge in [-0.15, -0.1) is 11.8 Å². The Balaban J connectivity index is 2.70. The molecule has 1 N–H and O–H groups in total. The molecule has 0 spiro atoms. The summed E-state index contributed by atoms with van der Waals surface area (Å²) in [5, 5.41) is 14.1. The lowest BCUT2D eigenvalue weighted by molar-refractivity contribution is -0.252. The van der Waals surface area contributed by atoms with Gasteiger partial charge in [0.1, 0.15) is 11.8 Å². The second kappa shape index (κ2) is 4.79. The van der Waals surface area contributed by atoms with E-state index in [0.29, 0.717) is 5.75 Å². The summed E-state index contributed by atoms with van der Waals surface area (Å²) < 4.78 is 0. The van der Waals surface area contributed by atoms with Crippen LogP contribution in [0.4, 0.5) is 4.79 Å². The van der Waals surface area contributed by atoms with E-state index in [1.165, 1.54) is 0 Å². The minimum Gasteiger partial charge on any atom is -0.530 e. The van der Waals surface area contributed by atoms with E-state index in [2.05, 4.69) is 30.0 Å². The number of rotatable bonds is 4. The van der Waals surface area contributed by atoms with Crippen LogP contribution in [0.25, 0.3) is 0 Å². The first kappa shape index (κ1) is 13.6. The Morgan fingerprint density at radius 3 is 2.62 bits per heavy atom. The van der Waals surface area contributed by atoms with Crippen LogP contribution in [0.3, 0.4) is 0 Å². The molecule has 4 nitrogen and oxygen atoms in total. The zero-order chi connectivity index (χ0) is 12.4. The van der Waals surface area contributed by atoms with Gasteiger partial charge in [0.2, 0.25) is 0 Å². The van der Waals surface area contributed by atoms with Gasteiger partial charge in [-0.3, -0.25) is 4.99 Å². The van der Waals surface area contributed by atoms with E-state index < -0.39 is 19.8 Å². The Morgan fingerprint density at radius 1 is 1.62 bits per heavy atom. The van der Waals surface area contributed by atoms with E-state index in [1.54, 1.807) is 11.8 Å². The molecule has 1 aliphatic rings. The molecular weight excluding hydrogens is 240 g/mol. The van der Waals surface area contributed by atoms with Gasteiger partial charge in [-0.25, -0.2) is 0 Å². The van der Waals surface area contributed by atoms with Crippen LogP contribution in [0.15, 0.2) is 4.99 Å². The fourth-order valence-electron chi connectivity index (χ4n) is 1.62. The smallest absolute Gasteiger partial charge is 0.140 e. The summed E-state index contributed by atoms with van der Waals surface area (Å²) in [5.74, 6) is 0.692. The third kappa shape index (κ3) is 4.17. The summed E-state index contributed by atoms with van der Waals surface area (Å²) in [6, 6.07) is 1.06. The first-order chi connectivity index (χ1) is 7.22. The van der Waals surface area contributed by atoms with Crippen LogP contribution in [0.1, 0.15) is 13.3 Å². The Hall–Kier alpha value is -0.493. The Kier molecular flexibility index (Phi) is 4.06. The van der Waals surface area contributed by atoms with E-state index >= 15 is 0 Å². The van der Waals surface area contributed by atoms with Crippen LogP contribution in [0, 0.1) is 0 Å². The second-order valence-electron chi connectivity index (χ2n) is 5.42. The monoisotopic (exact) mass is 259 g/mol. The van der Waals surface area contributed by atoms with Crippen LogP contribution < -0.4 is 10.4 Å². The van der Waals surface area contributed by atoms with Crippen molar-refractivity contribution in [2.45, 2.75) is 44.7 Å². The lowest BCUT2D eigenvalue weighted by Gasteiger charge is -2.30. The zero-order valence-electron chi connectivity index (χ0n) is 10.3. The number of hydrogen-bond donors (Lipinski definition) is 1. The molecule has 0 aromatic rings. The largest absolute Gasteiger partial charge is 0.530 e. The second-order valence-corrected chi connectivity index (χ2v) is 12.2. The molecule has 0 bridgehead atoms. The molecule has 0 saturated heterocycles. The normalized spacial score (nSPS) is 25.4. The number of carboxylic acid groups (broad SMARTS) is 1. The van der Waals surface area contributed by atoms with Crippen molar-refractivity contribution < 1.29 is 9.90 Å². The summed E-state index contributed by atoms with van der Waals surface area (Å²) in [7, 11) is -1.18. The summed E-state index contributed by atoms with van der Waals surface area (Å²) in [4.78, 5) is 15.1. The number of aliphatic imine (C=N–C) groups is 1. The SMILES string of the molecule is CC1=NC(CC[Si](C)(C)C)(NC(=O)[O-])CS1. The molecule has 1 unspecified atom stereocenters. The van der Waals surface area contributed by atoms with E-state index in [4.69, 9.17) is 0 Å². The Morgan fingerprint density at radius 2 is 2.25 bits per heavy atom. The quantitative estimate of drug-likeness (QED) is 0.778. The summed E-state index contributed by atoms with van der Waals surface area (Å²) in [6.07, 6.45) is -0.448. The minimum absolute atomic E-state index is 0.631. The number of carbonyl (C=O) groups excluding carboxylic acids is 1. The lowest BCUT2D eigenvalue weighted by Crippen LogP contribution is -2.53. The molecule has 0 aliphatic carbocycles. The fourth-order valence-corrected chi connectivity index (χ4v) is 3.75. The van der Waals surface area contributed by atoms with Crippen molar-refractivity contribution in [1.82, 2.24) is 5.32 Å². The molecule has 16 heavy (non-hydrogen) atoms. The zero-order valence-corrected chi connectivity index (χ0v) is 12.1. The maximum atomic E-state index is 10.7. The van der Waals surface area contributed by atoms with Gasteiger partial charge in [0.05, 0.1) is 5.04 Å². The van der Waals surface area contributed by atoms with Crippen molar-refractivity contribution in [2.24, 2.45) is 4.99 Å². The van der Waals surface area contributed by atoms with Gasteiger partial charge in [0, 0.05) is 13.8 Å². The van der Waals surface area contributed by atoms with E-state index in [-0.39, 0.29) is 0 Å². The molecule has 1 aliphatic heterocycles. The summed E-state index contributed by atoms with van der Waals surface area (Å²) in [6.45, 7) is 8.74. The van der Waals surface area contributed by atoms with Crippen molar-refractivity contribution in [3.05, 3.63) is 0 Å². The van der Waals surface area contributed by atoms with Gasteiger partial charge < -0.3 is 15.2 Å². The molecule has 1 atom stereocenters. The van der Waals surface area contributed by atoms with E-state index in [9.17, 15) is 9.90 Å². The number of thioether (sulfide) groups is 1. The van der Waals surface area contributed by atoms with Crippen molar-refractivity contribution in [3.63, 3.8) is 0 Å². The van der Waals surface area contributed by atoms with Gasteiger partial charge in [0.15, 0.2) is 0 Å². The highest BCUT2D eigenvalue weighted by atomic mass is 32.2. The fraction of sp³-hybridized carbons (Fsp3) is 0.800. The van der Waals surface area contributed by atoms with Crippen LogP contribution >= 0.6 is 11.8 Å². The van der Waals surface area contributed by atoms with Crippen LogP contribution in [0.5, 0.6) is 0 Å². The lowest BCUT2D eigenvalue weighted by atomic mass is 10.1. The predicted molar refractivity (Wildman–Crippen MR) is 69.6 cm³/mol. The van der Waals surface area contributed by atoms with Crippen LogP contribution in [0.2, 0.25) is 25.7 Å². The molecule has 1 amide bonds. The van der Waals surface area contributed by atoms with Crippen molar-refractivity contribution >= 4 is 31.0 Å².